The summed E-state index contributed by atoms with van der Waals surface area (Å²) >= 11 is 4.99. The highest BCUT2D eigenvalue weighted by molar-refractivity contribution is 7.80. The molecule has 1 aromatic carbocycles. The van der Waals surface area contributed by atoms with E-state index >= 15 is 0 Å². The number of nitrogens with zero attached hydrogens (tertiary/aromatic N) is 1. The highest BCUT2D eigenvalue weighted by Gasteiger charge is 2.14. The van der Waals surface area contributed by atoms with Crippen molar-refractivity contribution in [3.05, 3.63) is 35.4 Å². The van der Waals surface area contributed by atoms with Crippen molar-refractivity contribution in [2.24, 2.45) is 5.73 Å². The van der Waals surface area contributed by atoms with Crippen LogP contribution in [0.4, 0.5) is 0 Å². The maximum Gasteiger partial charge on any atom is 0.309 e. The molecule has 2 N–H and O–H groups in total. The van der Waals surface area contributed by atoms with Crippen LogP contribution < -0.4 is 5.73 Å². The van der Waals surface area contributed by atoms with E-state index in [1.54, 1.807) is 0 Å². The van der Waals surface area contributed by atoms with E-state index in [1.165, 1.54) is 7.11 Å². The van der Waals surface area contributed by atoms with Crippen molar-refractivity contribution in [3.63, 3.8) is 0 Å². The van der Waals surface area contributed by atoms with Gasteiger partial charge in [-0.25, -0.2) is 0 Å². The SMILES string of the molecule is COC(=O)Cc1ccccc1CN(CC(N)=S)C(C)C. The predicted molar refractivity (Wildman–Crippen MR) is 84.5 cm³/mol. The molecule has 0 radical (unpaired) electrons. The van der Waals surface area contributed by atoms with Crippen LogP contribution in [-0.2, 0) is 22.5 Å². The van der Waals surface area contributed by atoms with E-state index in [0.717, 1.165) is 11.1 Å². The molecule has 0 atom stereocenters. The monoisotopic (exact) mass is 294 g/mol. The Morgan fingerprint density at radius 3 is 2.45 bits per heavy atom. The molecule has 0 heterocycles. The lowest BCUT2D eigenvalue weighted by molar-refractivity contribution is -0.139. The summed E-state index contributed by atoms with van der Waals surface area (Å²) in [6, 6.07) is 8.19. The van der Waals surface area contributed by atoms with Crippen molar-refractivity contribution in [1.82, 2.24) is 4.90 Å². The fourth-order valence-corrected chi connectivity index (χ4v) is 2.12. The van der Waals surface area contributed by atoms with Crippen LogP contribution in [0.2, 0.25) is 0 Å². The lowest BCUT2D eigenvalue weighted by Crippen LogP contribution is -2.37. The van der Waals surface area contributed by atoms with Crippen molar-refractivity contribution in [3.8, 4) is 0 Å². The molecule has 0 aliphatic rings. The lowest BCUT2D eigenvalue weighted by atomic mass is 10.0. The van der Waals surface area contributed by atoms with E-state index in [2.05, 4.69) is 18.7 Å². The van der Waals surface area contributed by atoms with E-state index in [1.807, 2.05) is 24.3 Å². The molecular formula is C15H22N2O2S. The summed E-state index contributed by atoms with van der Waals surface area (Å²) in [6.45, 7) is 5.48. The molecule has 20 heavy (non-hydrogen) atoms. The Bertz CT molecular complexity index is 475. The Labute approximate surface area is 125 Å². The third-order valence-electron chi connectivity index (χ3n) is 3.14. The zero-order valence-electron chi connectivity index (χ0n) is 12.3. The minimum atomic E-state index is -0.233. The summed E-state index contributed by atoms with van der Waals surface area (Å²) in [7, 11) is 1.40. The number of rotatable bonds is 7. The molecule has 110 valence electrons. The van der Waals surface area contributed by atoms with Gasteiger partial charge in [0.05, 0.1) is 18.5 Å². The van der Waals surface area contributed by atoms with Gasteiger partial charge in [-0.05, 0) is 25.0 Å². The minimum Gasteiger partial charge on any atom is -0.469 e. The number of carbonyl (C=O) groups excluding carboxylic acids is 1. The average Bonchev–Trinajstić information content (AvgIpc) is 2.39. The summed E-state index contributed by atoms with van der Waals surface area (Å²) in [4.78, 5) is 14.1. The molecule has 0 spiro atoms. The zero-order chi connectivity index (χ0) is 15.1. The van der Waals surface area contributed by atoms with Gasteiger partial charge < -0.3 is 10.5 Å². The first-order valence-electron chi connectivity index (χ1n) is 6.60. The third-order valence-corrected chi connectivity index (χ3v) is 3.27. The van der Waals surface area contributed by atoms with Crippen LogP contribution in [0, 0.1) is 0 Å². The number of nitrogens with two attached hydrogens (primary N) is 1. The summed E-state index contributed by atoms with van der Waals surface area (Å²) in [6.07, 6.45) is 0.283. The van der Waals surface area contributed by atoms with Gasteiger partial charge >= 0.3 is 5.97 Å². The second kappa shape index (κ2) is 7.97. The van der Waals surface area contributed by atoms with Crippen molar-refractivity contribution < 1.29 is 9.53 Å². The van der Waals surface area contributed by atoms with E-state index in [9.17, 15) is 4.79 Å². The maximum atomic E-state index is 11.5. The Morgan fingerprint density at radius 1 is 1.35 bits per heavy atom. The predicted octanol–water partition coefficient (Wildman–Crippen LogP) is 1.90. The molecule has 0 aliphatic heterocycles. The molecule has 1 aromatic rings. The molecule has 0 amide bonds. The Hall–Kier alpha value is -1.46. The first-order chi connectivity index (χ1) is 9.43. The van der Waals surface area contributed by atoms with Crippen LogP contribution in [0.5, 0.6) is 0 Å². The van der Waals surface area contributed by atoms with Crippen LogP contribution in [0.3, 0.4) is 0 Å². The molecule has 0 fully saturated rings. The largest absolute Gasteiger partial charge is 0.469 e. The number of benzene rings is 1. The van der Waals surface area contributed by atoms with Gasteiger partial charge in [-0.1, -0.05) is 36.5 Å². The number of hydrogen-bond donors (Lipinski definition) is 1. The van der Waals surface area contributed by atoms with E-state index in [0.29, 0.717) is 24.1 Å². The molecule has 0 saturated carbocycles. The molecule has 4 nitrogen and oxygen atoms in total. The quantitative estimate of drug-likeness (QED) is 0.615. The van der Waals surface area contributed by atoms with Gasteiger partial charge in [-0.15, -0.1) is 0 Å². The van der Waals surface area contributed by atoms with Crippen LogP contribution in [-0.4, -0.2) is 35.6 Å². The Balaban J connectivity index is 2.89. The molecule has 0 aromatic heterocycles. The summed E-state index contributed by atoms with van der Waals surface area (Å²) in [5.74, 6) is -0.233. The molecule has 1 rings (SSSR count). The topological polar surface area (TPSA) is 55.6 Å². The van der Waals surface area contributed by atoms with Gasteiger partial charge in [0, 0.05) is 19.1 Å². The van der Waals surface area contributed by atoms with Gasteiger partial charge in [-0.2, -0.15) is 0 Å². The van der Waals surface area contributed by atoms with Crippen LogP contribution in [0.15, 0.2) is 24.3 Å². The number of ether oxygens (including phenoxy) is 1. The van der Waals surface area contributed by atoms with Crippen molar-refractivity contribution >= 4 is 23.2 Å². The van der Waals surface area contributed by atoms with Gasteiger partial charge in [-0.3, -0.25) is 9.69 Å². The number of hydrogen-bond acceptors (Lipinski definition) is 4. The van der Waals surface area contributed by atoms with E-state index in [-0.39, 0.29) is 12.4 Å². The minimum absolute atomic E-state index is 0.233. The smallest absolute Gasteiger partial charge is 0.309 e. The standard InChI is InChI=1S/C15H22N2O2S/c1-11(2)17(10-14(16)20)9-13-7-5-4-6-12(13)8-15(18)19-3/h4-7,11H,8-10H2,1-3H3,(H2,16,20). The first-order valence-corrected chi connectivity index (χ1v) is 7.00. The van der Waals surface area contributed by atoms with Crippen molar-refractivity contribution in [2.45, 2.75) is 32.9 Å². The fourth-order valence-electron chi connectivity index (χ4n) is 1.95. The van der Waals surface area contributed by atoms with E-state index < -0.39 is 0 Å². The van der Waals surface area contributed by atoms with E-state index in [4.69, 9.17) is 22.7 Å². The third kappa shape index (κ3) is 5.27. The average molecular weight is 294 g/mol. The fraction of sp³-hybridized carbons (Fsp3) is 0.467. The zero-order valence-corrected chi connectivity index (χ0v) is 13.1. The molecule has 0 saturated heterocycles. The van der Waals surface area contributed by atoms with Crippen LogP contribution >= 0.6 is 12.2 Å². The van der Waals surface area contributed by atoms with Crippen LogP contribution in [0.1, 0.15) is 25.0 Å². The highest BCUT2D eigenvalue weighted by Crippen LogP contribution is 2.14. The Kier molecular flexibility index (Phi) is 6.61. The number of methoxy groups -OCH3 is 1. The van der Waals surface area contributed by atoms with Crippen LogP contribution in [0.25, 0.3) is 0 Å². The van der Waals surface area contributed by atoms with Gasteiger partial charge in [0.2, 0.25) is 0 Å². The number of thiocarbonyl (C=S) groups is 1. The van der Waals surface area contributed by atoms with Gasteiger partial charge in [0.25, 0.3) is 0 Å². The molecule has 0 unspecified atom stereocenters. The molecule has 5 heteroatoms. The summed E-state index contributed by atoms with van der Waals surface area (Å²) < 4.78 is 4.73. The lowest BCUT2D eigenvalue weighted by Gasteiger charge is -2.26. The normalized spacial score (nSPS) is 10.8. The van der Waals surface area contributed by atoms with Crippen molar-refractivity contribution in [2.75, 3.05) is 13.7 Å². The summed E-state index contributed by atoms with van der Waals surface area (Å²) in [5.41, 5.74) is 7.72. The second-order valence-electron chi connectivity index (χ2n) is 4.99. The molecular weight excluding hydrogens is 272 g/mol. The first kappa shape index (κ1) is 16.6. The van der Waals surface area contributed by atoms with Gasteiger partial charge in [0.15, 0.2) is 0 Å². The van der Waals surface area contributed by atoms with Crippen molar-refractivity contribution in [1.29, 1.82) is 0 Å². The summed E-state index contributed by atoms with van der Waals surface area (Å²) in [5, 5.41) is 0. The molecule has 0 aliphatic carbocycles. The van der Waals surface area contributed by atoms with Gasteiger partial charge in [0.1, 0.15) is 0 Å². The Morgan fingerprint density at radius 2 is 1.95 bits per heavy atom. The number of esters is 1. The maximum absolute atomic E-state index is 11.5. The highest BCUT2D eigenvalue weighted by atomic mass is 32.1. The second-order valence-corrected chi connectivity index (χ2v) is 5.51. The number of carbonyl (C=O) groups is 1. The molecule has 0 bridgehead atoms.